The standard InChI is InChI=1S/C19H18ClNO3/c1-2-3-10-23-17-7-5-4-6-15(17)21-19(22)18-12-13-11-14(20)8-9-16(13)24-18/h4-9,11-12H,2-3,10H2,1H3,(H,21,22). The van der Waals surface area contributed by atoms with E-state index in [0.717, 1.165) is 18.2 Å². The number of fused-ring (bicyclic) bond motifs is 1. The number of halogens is 1. The van der Waals surface area contributed by atoms with Gasteiger partial charge < -0.3 is 14.5 Å². The number of ether oxygens (including phenoxy) is 1. The van der Waals surface area contributed by atoms with Crippen molar-refractivity contribution in [2.75, 3.05) is 11.9 Å². The van der Waals surface area contributed by atoms with Crippen molar-refractivity contribution >= 4 is 34.2 Å². The molecule has 0 unspecified atom stereocenters. The summed E-state index contributed by atoms with van der Waals surface area (Å²) in [5.74, 6) is 0.558. The van der Waals surface area contributed by atoms with E-state index in [1.807, 2.05) is 18.2 Å². The number of anilines is 1. The molecule has 0 spiro atoms. The summed E-state index contributed by atoms with van der Waals surface area (Å²) < 4.78 is 11.3. The van der Waals surface area contributed by atoms with Gasteiger partial charge in [0.15, 0.2) is 5.76 Å². The van der Waals surface area contributed by atoms with Crippen LogP contribution in [0.5, 0.6) is 5.75 Å². The number of carbonyl (C=O) groups is 1. The maximum Gasteiger partial charge on any atom is 0.291 e. The van der Waals surface area contributed by atoms with Gasteiger partial charge in [-0.25, -0.2) is 0 Å². The zero-order valence-electron chi connectivity index (χ0n) is 13.3. The van der Waals surface area contributed by atoms with Crippen LogP contribution in [0, 0.1) is 0 Å². The lowest BCUT2D eigenvalue weighted by Crippen LogP contribution is -2.12. The predicted octanol–water partition coefficient (Wildman–Crippen LogP) is 5.52. The van der Waals surface area contributed by atoms with Crippen LogP contribution in [0.15, 0.2) is 52.9 Å². The summed E-state index contributed by atoms with van der Waals surface area (Å²) >= 11 is 5.96. The third-order valence-electron chi connectivity index (χ3n) is 3.59. The zero-order valence-corrected chi connectivity index (χ0v) is 14.1. The molecule has 3 aromatic rings. The van der Waals surface area contributed by atoms with Gasteiger partial charge in [0, 0.05) is 10.4 Å². The van der Waals surface area contributed by atoms with Crippen molar-refractivity contribution in [3.63, 3.8) is 0 Å². The molecule has 1 N–H and O–H groups in total. The smallest absolute Gasteiger partial charge is 0.291 e. The number of furan rings is 1. The van der Waals surface area contributed by atoms with Crippen LogP contribution in [0.25, 0.3) is 11.0 Å². The lowest BCUT2D eigenvalue weighted by molar-refractivity contribution is 0.0998. The van der Waals surface area contributed by atoms with Crippen molar-refractivity contribution in [1.29, 1.82) is 0 Å². The summed E-state index contributed by atoms with van der Waals surface area (Å²) in [7, 11) is 0. The molecule has 2 aromatic carbocycles. The minimum Gasteiger partial charge on any atom is -0.491 e. The van der Waals surface area contributed by atoms with Crippen LogP contribution in [-0.2, 0) is 0 Å². The van der Waals surface area contributed by atoms with Gasteiger partial charge in [-0.1, -0.05) is 37.1 Å². The third-order valence-corrected chi connectivity index (χ3v) is 3.83. The number of benzene rings is 2. The Bertz CT molecular complexity index is 857. The number of amides is 1. The van der Waals surface area contributed by atoms with Gasteiger partial charge in [0.25, 0.3) is 5.91 Å². The normalized spacial score (nSPS) is 10.8. The molecule has 1 amide bonds. The molecule has 4 nitrogen and oxygen atoms in total. The highest BCUT2D eigenvalue weighted by Gasteiger charge is 2.14. The van der Waals surface area contributed by atoms with Gasteiger partial charge in [-0.3, -0.25) is 4.79 Å². The highest BCUT2D eigenvalue weighted by Crippen LogP contribution is 2.27. The van der Waals surface area contributed by atoms with Crippen LogP contribution in [0.3, 0.4) is 0 Å². The topological polar surface area (TPSA) is 51.5 Å². The molecule has 0 aliphatic carbocycles. The molecule has 1 heterocycles. The molecule has 0 atom stereocenters. The first-order valence-corrected chi connectivity index (χ1v) is 8.27. The molecule has 0 saturated carbocycles. The fraction of sp³-hybridized carbons (Fsp3) is 0.211. The van der Waals surface area contributed by atoms with Crippen LogP contribution in [-0.4, -0.2) is 12.5 Å². The molecule has 0 bridgehead atoms. The van der Waals surface area contributed by atoms with Crippen molar-refractivity contribution < 1.29 is 13.9 Å². The Morgan fingerprint density at radius 3 is 2.88 bits per heavy atom. The summed E-state index contributed by atoms with van der Waals surface area (Å²) in [4.78, 5) is 12.5. The van der Waals surface area contributed by atoms with Gasteiger partial charge in [-0.05, 0) is 42.8 Å². The highest BCUT2D eigenvalue weighted by atomic mass is 35.5. The second-order valence-corrected chi connectivity index (χ2v) is 5.88. The first-order valence-electron chi connectivity index (χ1n) is 7.89. The van der Waals surface area contributed by atoms with Gasteiger partial charge in [-0.15, -0.1) is 0 Å². The Kier molecular flexibility index (Phi) is 5.06. The molecule has 5 heteroatoms. The molecule has 3 rings (SSSR count). The van der Waals surface area contributed by atoms with Crippen LogP contribution >= 0.6 is 11.6 Å². The maximum atomic E-state index is 12.5. The lowest BCUT2D eigenvalue weighted by Gasteiger charge is -2.11. The van der Waals surface area contributed by atoms with Gasteiger partial charge in [0.2, 0.25) is 0 Å². The van der Waals surface area contributed by atoms with E-state index in [0.29, 0.717) is 28.6 Å². The fourth-order valence-corrected chi connectivity index (χ4v) is 2.51. The van der Waals surface area contributed by atoms with Crippen LogP contribution in [0.2, 0.25) is 5.02 Å². The summed E-state index contributed by atoms with van der Waals surface area (Å²) in [6, 6.07) is 14.3. The van der Waals surface area contributed by atoms with E-state index in [1.165, 1.54) is 0 Å². The predicted molar refractivity (Wildman–Crippen MR) is 96.0 cm³/mol. The van der Waals surface area contributed by atoms with E-state index in [4.69, 9.17) is 20.8 Å². The summed E-state index contributed by atoms with van der Waals surface area (Å²) in [6.45, 7) is 2.72. The minimum atomic E-state index is -0.325. The Morgan fingerprint density at radius 2 is 2.04 bits per heavy atom. The number of unbranched alkanes of at least 4 members (excludes halogenated alkanes) is 1. The molecule has 0 aliphatic rings. The highest BCUT2D eigenvalue weighted by molar-refractivity contribution is 6.31. The minimum absolute atomic E-state index is 0.232. The molecule has 24 heavy (non-hydrogen) atoms. The first kappa shape index (κ1) is 16.4. The third kappa shape index (κ3) is 3.71. The van der Waals surface area contributed by atoms with E-state index in [2.05, 4.69) is 12.2 Å². The van der Waals surface area contributed by atoms with E-state index in [1.54, 1.807) is 30.3 Å². The van der Waals surface area contributed by atoms with E-state index in [9.17, 15) is 4.79 Å². The Balaban J connectivity index is 1.78. The molecule has 0 aliphatic heterocycles. The molecular formula is C19H18ClNO3. The lowest BCUT2D eigenvalue weighted by atomic mass is 10.2. The van der Waals surface area contributed by atoms with E-state index >= 15 is 0 Å². The zero-order chi connectivity index (χ0) is 16.9. The second kappa shape index (κ2) is 7.41. The number of hydrogen-bond acceptors (Lipinski definition) is 3. The first-order chi connectivity index (χ1) is 11.7. The van der Waals surface area contributed by atoms with E-state index < -0.39 is 0 Å². The monoisotopic (exact) mass is 343 g/mol. The largest absolute Gasteiger partial charge is 0.491 e. The maximum absolute atomic E-state index is 12.5. The summed E-state index contributed by atoms with van der Waals surface area (Å²) in [5, 5.41) is 4.23. The molecule has 0 radical (unpaired) electrons. The Labute approximate surface area is 145 Å². The fourth-order valence-electron chi connectivity index (χ4n) is 2.33. The van der Waals surface area contributed by atoms with Crippen LogP contribution in [0.4, 0.5) is 5.69 Å². The summed E-state index contributed by atoms with van der Waals surface area (Å²) in [5.41, 5.74) is 1.24. The molecule has 1 aromatic heterocycles. The Hall–Kier alpha value is -2.46. The van der Waals surface area contributed by atoms with Gasteiger partial charge >= 0.3 is 0 Å². The number of nitrogens with one attached hydrogen (secondary N) is 1. The number of para-hydroxylation sites is 2. The average Bonchev–Trinajstić information content (AvgIpc) is 3.00. The van der Waals surface area contributed by atoms with Crippen LogP contribution in [0.1, 0.15) is 30.3 Å². The SMILES string of the molecule is CCCCOc1ccccc1NC(=O)c1cc2cc(Cl)ccc2o1. The molecule has 0 saturated heterocycles. The van der Waals surface area contributed by atoms with Gasteiger partial charge in [0.1, 0.15) is 11.3 Å². The molecule has 124 valence electrons. The molecular weight excluding hydrogens is 326 g/mol. The number of carbonyl (C=O) groups excluding carboxylic acids is 1. The van der Waals surface area contributed by atoms with Crippen molar-refractivity contribution in [2.45, 2.75) is 19.8 Å². The number of hydrogen-bond donors (Lipinski definition) is 1. The van der Waals surface area contributed by atoms with Gasteiger partial charge in [-0.2, -0.15) is 0 Å². The Morgan fingerprint density at radius 1 is 1.21 bits per heavy atom. The molecule has 0 fully saturated rings. The van der Waals surface area contributed by atoms with Crippen molar-refractivity contribution in [2.24, 2.45) is 0 Å². The van der Waals surface area contributed by atoms with Crippen LogP contribution < -0.4 is 10.1 Å². The van der Waals surface area contributed by atoms with Gasteiger partial charge in [0.05, 0.1) is 12.3 Å². The van der Waals surface area contributed by atoms with Crippen molar-refractivity contribution in [3.05, 3.63) is 59.3 Å². The van der Waals surface area contributed by atoms with Crippen molar-refractivity contribution in [1.82, 2.24) is 0 Å². The summed E-state index contributed by atoms with van der Waals surface area (Å²) in [6.07, 6.45) is 2.02. The second-order valence-electron chi connectivity index (χ2n) is 5.45. The van der Waals surface area contributed by atoms with Crippen molar-refractivity contribution in [3.8, 4) is 5.75 Å². The van der Waals surface area contributed by atoms with E-state index in [-0.39, 0.29) is 11.7 Å². The quantitative estimate of drug-likeness (QED) is 0.600. The number of rotatable bonds is 6. The average molecular weight is 344 g/mol.